The second-order valence-electron chi connectivity index (χ2n) is 5.48. The fourth-order valence-corrected chi connectivity index (χ4v) is 2.52. The summed E-state index contributed by atoms with van der Waals surface area (Å²) in [6, 6.07) is 14.3. The van der Waals surface area contributed by atoms with Crippen molar-refractivity contribution < 1.29 is 4.74 Å². The molecule has 2 N–H and O–H groups in total. The maximum atomic E-state index is 5.91. The summed E-state index contributed by atoms with van der Waals surface area (Å²) in [5.41, 5.74) is 0. The van der Waals surface area contributed by atoms with E-state index in [0.717, 1.165) is 17.0 Å². The van der Waals surface area contributed by atoms with Gasteiger partial charge in [-0.15, -0.1) is 24.0 Å². The minimum absolute atomic E-state index is 0. The van der Waals surface area contributed by atoms with Crippen molar-refractivity contribution in [2.45, 2.75) is 6.54 Å². The normalized spacial score (nSPS) is 11.1. The zero-order valence-electron chi connectivity index (χ0n) is 14.8. The van der Waals surface area contributed by atoms with Crippen LogP contribution in [0.1, 0.15) is 5.82 Å². The number of aromatic nitrogens is 3. The van der Waals surface area contributed by atoms with E-state index in [1.807, 2.05) is 31.3 Å². The van der Waals surface area contributed by atoms with Gasteiger partial charge in [0.2, 0.25) is 0 Å². The number of aryl methyl sites for hydroxylation is 1. The molecule has 8 heteroatoms. The lowest BCUT2D eigenvalue weighted by Crippen LogP contribution is -2.39. The van der Waals surface area contributed by atoms with Gasteiger partial charge in [-0.05, 0) is 11.5 Å². The Kier molecular flexibility index (Phi) is 7.64. The molecule has 0 atom stereocenters. The second-order valence-corrected chi connectivity index (χ2v) is 5.48. The van der Waals surface area contributed by atoms with E-state index in [-0.39, 0.29) is 24.0 Å². The van der Waals surface area contributed by atoms with E-state index < -0.39 is 0 Å². The number of rotatable bonds is 6. The van der Waals surface area contributed by atoms with Crippen LogP contribution in [-0.2, 0) is 13.6 Å². The highest BCUT2D eigenvalue weighted by Crippen LogP contribution is 2.24. The van der Waals surface area contributed by atoms with Crippen LogP contribution in [0.5, 0.6) is 5.75 Å². The smallest absolute Gasteiger partial charge is 0.191 e. The van der Waals surface area contributed by atoms with Crippen LogP contribution in [0.4, 0.5) is 0 Å². The van der Waals surface area contributed by atoms with Crippen LogP contribution in [0.3, 0.4) is 0 Å². The Hall–Kier alpha value is -2.36. The molecule has 0 fully saturated rings. The molecule has 0 saturated carbocycles. The van der Waals surface area contributed by atoms with Gasteiger partial charge >= 0.3 is 0 Å². The molecular weight excluding hydrogens is 443 g/mol. The number of hydrogen-bond donors (Lipinski definition) is 2. The molecule has 1 heterocycles. The number of guanidine groups is 1. The fraction of sp³-hybridized carbons (Fsp3) is 0.278. The predicted octanol–water partition coefficient (Wildman–Crippen LogP) is 2.33. The highest BCUT2D eigenvalue weighted by molar-refractivity contribution is 14.0. The Labute approximate surface area is 169 Å². The molecule has 2 aromatic carbocycles. The average molecular weight is 466 g/mol. The topological polar surface area (TPSA) is 76.4 Å². The third-order valence-electron chi connectivity index (χ3n) is 3.84. The minimum atomic E-state index is 0. The first-order chi connectivity index (χ1) is 12.3. The van der Waals surface area contributed by atoms with Crippen LogP contribution < -0.4 is 15.4 Å². The summed E-state index contributed by atoms with van der Waals surface area (Å²) < 4.78 is 7.64. The Balaban J connectivity index is 0.00000243. The molecule has 7 nitrogen and oxygen atoms in total. The monoisotopic (exact) mass is 466 g/mol. The summed E-state index contributed by atoms with van der Waals surface area (Å²) in [5.74, 6) is 2.43. The Bertz CT molecular complexity index is 858. The third kappa shape index (κ3) is 5.07. The quantitative estimate of drug-likeness (QED) is 0.253. The number of hydrogen-bond acceptors (Lipinski definition) is 4. The molecule has 3 aromatic rings. The van der Waals surface area contributed by atoms with Crippen molar-refractivity contribution in [3.05, 3.63) is 54.6 Å². The van der Waals surface area contributed by atoms with Crippen molar-refractivity contribution in [2.75, 3.05) is 20.2 Å². The summed E-state index contributed by atoms with van der Waals surface area (Å²) >= 11 is 0. The lowest BCUT2D eigenvalue weighted by molar-refractivity contribution is 0.325. The second kappa shape index (κ2) is 9.95. The van der Waals surface area contributed by atoms with Gasteiger partial charge in [-0.2, -0.15) is 5.10 Å². The third-order valence-corrected chi connectivity index (χ3v) is 3.84. The SMILES string of the molecule is CN=C(NCCOc1cccc2ccccc12)NCc1ncnn1C.I. The van der Waals surface area contributed by atoms with E-state index in [1.165, 1.54) is 11.7 Å². The van der Waals surface area contributed by atoms with Gasteiger partial charge < -0.3 is 15.4 Å². The van der Waals surface area contributed by atoms with Gasteiger partial charge in [0, 0.05) is 19.5 Å². The minimum Gasteiger partial charge on any atom is -0.491 e. The van der Waals surface area contributed by atoms with Crippen molar-refractivity contribution >= 4 is 40.7 Å². The first kappa shape index (κ1) is 20.0. The van der Waals surface area contributed by atoms with E-state index in [9.17, 15) is 0 Å². The molecule has 0 bridgehead atoms. The molecule has 0 radical (unpaired) electrons. The van der Waals surface area contributed by atoms with Crippen LogP contribution in [0, 0.1) is 0 Å². The highest BCUT2D eigenvalue weighted by atomic mass is 127. The molecule has 0 unspecified atom stereocenters. The van der Waals surface area contributed by atoms with Gasteiger partial charge in [0.15, 0.2) is 5.96 Å². The molecule has 0 aliphatic rings. The molecule has 0 amide bonds. The number of halogens is 1. The fourth-order valence-electron chi connectivity index (χ4n) is 2.52. The molecule has 0 spiro atoms. The zero-order chi connectivity index (χ0) is 17.5. The van der Waals surface area contributed by atoms with Crippen LogP contribution in [0.2, 0.25) is 0 Å². The van der Waals surface area contributed by atoms with E-state index >= 15 is 0 Å². The van der Waals surface area contributed by atoms with Crippen molar-refractivity contribution in [1.82, 2.24) is 25.4 Å². The van der Waals surface area contributed by atoms with Gasteiger partial charge in [0.25, 0.3) is 0 Å². The number of aliphatic imine (C=N–C) groups is 1. The summed E-state index contributed by atoms with van der Waals surface area (Å²) in [4.78, 5) is 8.36. The molecule has 0 aliphatic heterocycles. The van der Waals surface area contributed by atoms with Gasteiger partial charge in [-0.3, -0.25) is 9.67 Å². The van der Waals surface area contributed by atoms with Gasteiger partial charge in [-0.25, -0.2) is 4.98 Å². The summed E-state index contributed by atoms with van der Waals surface area (Å²) in [6.07, 6.45) is 1.53. The highest BCUT2D eigenvalue weighted by Gasteiger charge is 2.04. The molecule has 3 rings (SSSR count). The van der Waals surface area contributed by atoms with E-state index in [1.54, 1.807) is 11.7 Å². The first-order valence-corrected chi connectivity index (χ1v) is 8.16. The van der Waals surface area contributed by atoms with Crippen molar-refractivity contribution in [1.29, 1.82) is 0 Å². The molecule has 0 saturated heterocycles. The number of nitrogens with one attached hydrogen (secondary N) is 2. The average Bonchev–Trinajstić information content (AvgIpc) is 3.06. The maximum Gasteiger partial charge on any atom is 0.191 e. The van der Waals surface area contributed by atoms with Gasteiger partial charge in [-0.1, -0.05) is 36.4 Å². The van der Waals surface area contributed by atoms with Gasteiger partial charge in [0.1, 0.15) is 24.5 Å². The standard InChI is InChI=1S/C18H22N6O.HI/c1-19-18(21-12-17-22-13-23-24(17)2)20-10-11-25-16-9-5-7-14-6-3-4-8-15(14)16;/h3-9,13H,10-12H2,1-2H3,(H2,19,20,21);1H. The number of fused-ring (bicyclic) bond motifs is 1. The molecule has 0 aliphatic carbocycles. The Morgan fingerprint density at radius 1 is 1.15 bits per heavy atom. The number of nitrogens with zero attached hydrogens (tertiary/aromatic N) is 4. The van der Waals surface area contributed by atoms with Crippen LogP contribution in [0.25, 0.3) is 10.8 Å². The summed E-state index contributed by atoms with van der Waals surface area (Å²) in [6.45, 7) is 1.74. The Morgan fingerprint density at radius 3 is 2.73 bits per heavy atom. The zero-order valence-corrected chi connectivity index (χ0v) is 17.2. The van der Waals surface area contributed by atoms with E-state index in [2.05, 4.69) is 43.9 Å². The molecule has 138 valence electrons. The lowest BCUT2D eigenvalue weighted by atomic mass is 10.1. The molecular formula is C18H23IN6O. The van der Waals surface area contributed by atoms with E-state index in [4.69, 9.17) is 4.74 Å². The number of benzene rings is 2. The summed E-state index contributed by atoms with van der Waals surface area (Å²) in [5, 5.41) is 12.8. The molecule has 1 aromatic heterocycles. The van der Waals surface area contributed by atoms with Crippen LogP contribution >= 0.6 is 24.0 Å². The van der Waals surface area contributed by atoms with Gasteiger partial charge in [0.05, 0.1) is 13.1 Å². The summed E-state index contributed by atoms with van der Waals surface area (Å²) in [7, 11) is 3.59. The van der Waals surface area contributed by atoms with Crippen LogP contribution in [-0.4, -0.2) is 40.9 Å². The predicted molar refractivity (Wildman–Crippen MR) is 114 cm³/mol. The van der Waals surface area contributed by atoms with Crippen molar-refractivity contribution in [2.24, 2.45) is 12.0 Å². The van der Waals surface area contributed by atoms with Crippen molar-refractivity contribution in [3.63, 3.8) is 0 Å². The first-order valence-electron chi connectivity index (χ1n) is 8.16. The lowest BCUT2D eigenvalue weighted by Gasteiger charge is -2.13. The maximum absolute atomic E-state index is 5.91. The Morgan fingerprint density at radius 2 is 1.96 bits per heavy atom. The number of ether oxygens (including phenoxy) is 1. The largest absolute Gasteiger partial charge is 0.491 e. The van der Waals surface area contributed by atoms with Crippen molar-refractivity contribution in [3.8, 4) is 5.75 Å². The molecule has 26 heavy (non-hydrogen) atoms. The van der Waals surface area contributed by atoms with Crippen LogP contribution in [0.15, 0.2) is 53.8 Å². The van der Waals surface area contributed by atoms with E-state index in [0.29, 0.717) is 25.7 Å².